The molecule has 0 amide bonds. The number of aromatic nitrogens is 1. The average molecular weight is 392 g/mol. The Kier molecular flexibility index (Phi) is 6.68. The van der Waals surface area contributed by atoms with Crippen molar-refractivity contribution in [3.8, 4) is 17.0 Å². The van der Waals surface area contributed by atoms with E-state index in [2.05, 4.69) is 65.5 Å². The highest BCUT2D eigenvalue weighted by molar-refractivity contribution is 5.69. The van der Waals surface area contributed by atoms with Crippen LogP contribution in [0.5, 0.6) is 5.88 Å². The predicted molar refractivity (Wildman–Crippen MR) is 112 cm³/mol. The number of rotatable bonds is 9. The molecule has 1 N–H and O–H groups in total. The van der Waals surface area contributed by atoms with E-state index in [0.29, 0.717) is 25.4 Å². The van der Waals surface area contributed by atoms with Gasteiger partial charge in [-0.1, -0.05) is 54.1 Å². The molecule has 0 unspecified atom stereocenters. The predicted octanol–water partition coefficient (Wildman–Crippen LogP) is 4.17. The van der Waals surface area contributed by atoms with Gasteiger partial charge in [-0.3, -0.25) is 9.59 Å². The quantitative estimate of drug-likeness (QED) is 0.437. The van der Waals surface area contributed by atoms with Crippen LogP contribution in [0.3, 0.4) is 0 Å². The van der Waals surface area contributed by atoms with Crippen molar-refractivity contribution in [2.45, 2.75) is 26.4 Å². The van der Waals surface area contributed by atoms with E-state index in [-0.39, 0.29) is 12.4 Å². The van der Waals surface area contributed by atoms with Crippen LogP contribution < -0.4 is 10.1 Å². The number of aryl methyl sites for hydroxylation is 2. The first kappa shape index (κ1) is 20.2. The number of ether oxygens (including phenoxy) is 2. The molecule has 0 saturated carbocycles. The number of methoxy groups -OCH3 is 1. The van der Waals surface area contributed by atoms with E-state index in [0.717, 1.165) is 11.3 Å². The molecule has 6 heteroatoms. The molecule has 29 heavy (non-hydrogen) atoms. The third-order valence-electron chi connectivity index (χ3n) is 4.65. The monoisotopic (exact) mass is 392 g/mol. The first-order valence-electron chi connectivity index (χ1n) is 9.36. The van der Waals surface area contributed by atoms with Gasteiger partial charge in [0.15, 0.2) is 0 Å². The minimum absolute atomic E-state index is 0.195. The maximum Gasteiger partial charge on any atom is 0.307 e. The molecule has 0 spiro atoms. The van der Waals surface area contributed by atoms with Crippen LogP contribution in [0.2, 0.25) is 0 Å². The van der Waals surface area contributed by atoms with Crippen molar-refractivity contribution in [2.24, 2.45) is 0 Å². The van der Waals surface area contributed by atoms with Crippen molar-refractivity contribution in [3.05, 3.63) is 71.9 Å². The summed E-state index contributed by atoms with van der Waals surface area (Å²) in [6.45, 7) is 3.43. The molecule has 6 nitrogen and oxygen atoms in total. The van der Waals surface area contributed by atoms with E-state index in [1.807, 2.05) is 6.20 Å². The molecular weight excluding hydrogens is 368 g/mol. The fourth-order valence-electron chi connectivity index (χ4n) is 2.99. The van der Waals surface area contributed by atoms with Gasteiger partial charge in [-0.25, -0.2) is 0 Å². The second-order valence-corrected chi connectivity index (χ2v) is 6.72. The van der Waals surface area contributed by atoms with E-state index in [1.165, 1.54) is 23.8 Å². The van der Waals surface area contributed by atoms with Crippen molar-refractivity contribution in [1.82, 2.24) is 4.57 Å². The van der Waals surface area contributed by atoms with E-state index in [9.17, 15) is 9.59 Å². The standard InChI is InChI=1S/C23H24N2O4/c1-17-3-7-19(8-4-17)20-9-5-18(6-10-20)14-24-21-13-22(29-16-26)25(15-21)12-11-23(27)28-2/h3-10,13,15-16,24H,11-12,14H2,1-2H3. The fraction of sp³-hybridized carbons (Fsp3) is 0.217. The Morgan fingerprint density at radius 1 is 1.07 bits per heavy atom. The molecule has 0 fully saturated rings. The SMILES string of the molecule is COC(=O)CCn1cc(NCc2ccc(-c3ccc(C)cc3)cc2)cc1OC=O. The summed E-state index contributed by atoms with van der Waals surface area (Å²) in [4.78, 5) is 22.1. The molecule has 150 valence electrons. The number of esters is 1. The van der Waals surface area contributed by atoms with E-state index in [1.54, 1.807) is 10.6 Å². The number of benzene rings is 2. The molecule has 2 aromatic carbocycles. The molecule has 3 rings (SSSR count). The van der Waals surface area contributed by atoms with Crippen molar-refractivity contribution in [3.63, 3.8) is 0 Å². The summed E-state index contributed by atoms with van der Waals surface area (Å²) in [5, 5.41) is 3.32. The molecule has 3 aromatic rings. The van der Waals surface area contributed by atoms with Crippen LogP contribution in [-0.4, -0.2) is 24.1 Å². The van der Waals surface area contributed by atoms with Crippen LogP contribution >= 0.6 is 0 Å². The molecule has 0 radical (unpaired) electrons. The second-order valence-electron chi connectivity index (χ2n) is 6.72. The molecule has 0 atom stereocenters. The third-order valence-corrected chi connectivity index (χ3v) is 4.65. The average Bonchev–Trinajstić information content (AvgIpc) is 3.13. The van der Waals surface area contributed by atoms with Crippen molar-refractivity contribution < 1.29 is 19.1 Å². The van der Waals surface area contributed by atoms with Crippen LogP contribution in [0.15, 0.2) is 60.8 Å². The summed E-state index contributed by atoms with van der Waals surface area (Å²) in [5.41, 5.74) is 5.53. The number of nitrogens with zero attached hydrogens (tertiary/aromatic N) is 1. The Labute approximate surface area is 170 Å². The van der Waals surface area contributed by atoms with Crippen LogP contribution in [0.4, 0.5) is 5.69 Å². The summed E-state index contributed by atoms with van der Waals surface area (Å²) in [6, 6.07) is 18.5. The number of hydrogen-bond donors (Lipinski definition) is 1. The molecule has 1 aromatic heterocycles. The molecule has 0 aliphatic heterocycles. The van der Waals surface area contributed by atoms with Gasteiger partial charge in [-0.2, -0.15) is 0 Å². The lowest BCUT2D eigenvalue weighted by Crippen LogP contribution is -2.07. The van der Waals surface area contributed by atoms with Crippen LogP contribution in [0.25, 0.3) is 11.1 Å². The number of nitrogens with one attached hydrogen (secondary N) is 1. The lowest BCUT2D eigenvalue weighted by atomic mass is 10.0. The summed E-state index contributed by atoms with van der Waals surface area (Å²) in [7, 11) is 1.35. The maximum absolute atomic E-state index is 11.4. The third kappa shape index (κ3) is 5.48. The lowest BCUT2D eigenvalue weighted by molar-refractivity contribution is -0.140. The first-order valence-corrected chi connectivity index (χ1v) is 9.36. The van der Waals surface area contributed by atoms with Gasteiger partial charge < -0.3 is 19.4 Å². The zero-order valence-corrected chi connectivity index (χ0v) is 16.6. The first-order chi connectivity index (χ1) is 14.1. The van der Waals surface area contributed by atoms with Gasteiger partial charge in [-0.05, 0) is 23.6 Å². The topological polar surface area (TPSA) is 69.6 Å². The van der Waals surface area contributed by atoms with Gasteiger partial charge in [0.2, 0.25) is 5.88 Å². The van der Waals surface area contributed by atoms with Gasteiger partial charge in [0, 0.05) is 25.4 Å². The van der Waals surface area contributed by atoms with Crippen LogP contribution in [-0.2, 0) is 27.4 Å². The molecular formula is C23H24N2O4. The molecule has 0 bridgehead atoms. The largest absolute Gasteiger partial charge is 0.469 e. The highest BCUT2D eigenvalue weighted by atomic mass is 16.5. The minimum atomic E-state index is -0.320. The number of anilines is 1. The Morgan fingerprint density at radius 3 is 2.34 bits per heavy atom. The second kappa shape index (κ2) is 9.59. The maximum atomic E-state index is 11.4. The van der Waals surface area contributed by atoms with Gasteiger partial charge in [0.1, 0.15) is 0 Å². The smallest absolute Gasteiger partial charge is 0.307 e. The highest BCUT2D eigenvalue weighted by Gasteiger charge is 2.09. The van der Waals surface area contributed by atoms with Gasteiger partial charge in [0.05, 0.1) is 19.2 Å². The summed E-state index contributed by atoms with van der Waals surface area (Å²) >= 11 is 0. The van der Waals surface area contributed by atoms with Crippen molar-refractivity contribution in [2.75, 3.05) is 12.4 Å². The van der Waals surface area contributed by atoms with Gasteiger partial charge >= 0.3 is 5.97 Å². The highest BCUT2D eigenvalue weighted by Crippen LogP contribution is 2.23. The fourth-order valence-corrected chi connectivity index (χ4v) is 2.99. The number of carbonyl (C=O) groups excluding carboxylic acids is 2. The van der Waals surface area contributed by atoms with Gasteiger partial charge in [-0.15, -0.1) is 0 Å². The van der Waals surface area contributed by atoms with E-state index < -0.39 is 0 Å². The Bertz CT molecular complexity index is 960. The summed E-state index contributed by atoms with van der Waals surface area (Å²) in [5.74, 6) is 0.0556. The molecule has 0 aliphatic carbocycles. The van der Waals surface area contributed by atoms with Gasteiger partial charge in [0.25, 0.3) is 6.47 Å². The Hall–Kier alpha value is -3.54. The summed E-state index contributed by atoms with van der Waals surface area (Å²) in [6.07, 6.45) is 2.00. The number of hydrogen-bond acceptors (Lipinski definition) is 5. The molecule has 0 aliphatic rings. The summed E-state index contributed by atoms with van der Waals surface area (Å²) < 4.78 is 11.4. The zero-order chi connectivity index (χ0) is 20.6. The number of carbonyl (C=O) groups is 2. The minimum Gasteiger partial charge on any atom is -0.469 e. The Morgan fingerprint density at radius 2 is 1.72 bits per heavy atom. The van der Waals surface area contributed by atoms with Crippen LogP contribution in [0.1, 0.15) is 17.5 Å². The van der Waals surface area contributed by atoms with E-state index >= 15 is 0 Å². The molecule has 0 saturated heterocycles. The van der Waals surface area contributed by atoms with Crippen molar-refractivity contribution in [1.29, 1.82) is 0 Å². The Balaban J connectivity index is 1.63. The van der Waals surface area contributed by atoms with Crippen LogP contribution in [0, 0.1) is 6.92 Å². The van der Waals surface area contributed by atoms with Crippen molar-refractivity contribution >= 4 is 18.1 Å². The zero-order valence-electron chi connectivity index (χ0n) is 16.6. The van der Waals surface area contributed by atoms with E-state index in [4.69, 9.17) is 4.74 Å². The molecule has 1 heterocycles. The lowest BCUT2D eigenvalue weighted by Gasteiger charge is -2.07. The normalized spacial score (nSPS) is 10.4.